The maximum absolute atomic E-state index is 12.1. The third-order valence-corrected chi connectivity index (χ3v) is 7.88. The second kappa shape index (κ2) is 11.4. The molecule has 1 aliphatic heterocycles. The molecule has 1 saturated heterocycles. The van der Waals surface area contributed by atoms with Crippen molar-refractivity contribution in [1.29, 1.82) is 0 Å². The largest absolute Gasteiger partial charge is 0.491 e. The molecule has 1 fully saturated rings. The molecule has 176 valence electrons. The van der Waals surface area contributed by atoms with Crippen molar-refractivity contribution >= 4 is 27.1 Å². The number of anilines is 1. The lowest BCUT2D eigenvalue weighted by Gasteiger charge is -2.30. The number of sulfone groups is 1. The van der Waals surface area contributed by atoms with E-state index < -0.39 is 15.9 Å². The van der Waals surface area contributed by atoms with Crippen LogP contribution in [-0.4, -0.2) is 68.3 Å². The first kappa shape index (κ1) is 24.8. The van der Waals surface area contributed by atoms with Gasteiger partial charge in [0.25, 0.3) is 0 Å². The van der Waals surface area contributed by atoms with Gasteiger partial charge in [-0.1, -0.05) is 23.7 Å². The SMILES string of the molecule is CCN(CC)c1ccc(CN(CC(O)COc2ccc(Cl)cc2)C2CCS(=O)(=O)C2)cc1. The molecule has 0 aromatic heterocycles. The van der Waals surface area contributed by atoms with Crippen LogP contribution in [0.4, 0.5) is 5.69 Å². The Morgan fingerprint density at radius 2 is 1.75 bits per heavy atom. The molecule has 2 atom stereocenters. The molecule has 2 aromatic rings. The standard InChI is InChI=1S/C24H33ClN2O4S/c1-3-26(4-2)21-9-5-19(6-10-21)15-27(22-13-14-32(29,30)18-22)16-23(28)17-31-24-11-7-20(25)8-12-24/h5-12,22-23,28H,3-4,13-18H2,1-2H3. The Bertz CT molecular complexity index is 947. The first-order chi connectivity index (χ1) is 15.3. The summed E-state index contributed by atoms with van der Waals surface area (Å²) in [6.45, 7) is 7.20. The maximum Gasteiger partial charge on any atom is 0.151 e. The van der Waals surface area contributed by atoms with Crippen LogP contribution in [-0.2, 0) is 16.4 Å². The van der Waals surface area contributed by atoms with Gasteiger partial charge in [0.05, 0.1) is 11.5 Å². The molecule has 3 rings (SSSR count). The molecule has 1 aliphatic rings. The van der Waals surface area contributed by atoms with Gasteiger partial charge < -0.3 is 14.7 Å². The van der Waals surface area contributed by atoms with Gasteiger partial charge in [0.2, 0.25) is 0 Å². The van der Waals surface area contributed by atoms with E-state index in [9.17, 15) is 13.5 Å². The molecule has 32 heavy (non-hydrogen) atoms. The minimum Gasteiger partial charge on any atom is -0.491 e. The summed E-state index contributed by atoms with van der Waals surface area (Å²) in [6.07, 6.45) is -0.158. The van der Waals surface area contributed by atoms with E-state index in [1.807, 2.05) is 0 Å². The molecule has 0 saturated carbocycles. The summed E-state index contributed by atoms with van der Waals surface area (Å²) < 4.78 is 29.8. The molecule has 0 spiro atoms. The maximum atomic E-state index is 12.1. The number of hydrogen-bond acceptors (Lipinski definition) is 6. The number of ether oxygens (including phenoxy) is 1. The molecular weight excluding hydrogens is 448 g/mol. The zero-order valence-corrected chi connectivity index (χ0v) is 20.4. The molecule has 1 N–H and O–H groups in total. The predicted octanol–water partition coefficient (Wildman–Crippen LogP) is 3.62. The smallest absolute Gasteiger partial charge is 0.151 e. The molecule has 0 amide bonds. The average Bonchev–Trinajstić information content (AvgIpc) is 3.14. The highest BCUT2D eigenvalue weighted by molar-refractivity contribution is 7.91. The topological polar surface area (TPSA) is 70.1 Å². The van der Waals surface area contributed by atoms with Gasteiger partial charge in [-0.25, -0.2) is 8.42 Å². The Morgan fingerprint density at radius 1 is 1.09 bits per heavy atom. The summed E-state index contributed by atoms with van der Waals surface area (Å²) in [7, 11) is -3.03. The molecule has 0 bridgehead atoms. The van der Waals surface area contributed by atoms with Crippen molar-refractivity contribution in [3.05, 3.63) is 59.1 Å². The van der Waals surface area contributed by atoms with Crippen molar-refractivity contribution in [2.45, 2.75) is 39.0 Å². The summed E-state index contributed by atoms with van der Waals surface area (Å²) in [6, 6.07) is 15.3. The van der Waals surface area contributed by atoms with Crippen LogP contribution in [0.25, 0.3) is 0 Å². The second-order valence-electron chi connectivity index (χ2n) is 8.24. The van der Waals surface area contributed by atoms with Crippen molar-refractivity contribution in [3.63, 3.8) is 0 Å². The number of aliphatic hydroxyl groups excluding tert-OH is 1. The molecule has 0 aliphatic carbocycles. The Kier molecular flexibility index (Phi) is 8.82. The quantitative estimate of drug-likeness (QED) is 0.529. The molecule has 0 radical (unpaired) electrons. The van der Waals surface area contributed by atoms with Gasteiger partial charge in [0.15, 0.2) is 9.84 Å². The van der Waals surface area contributed by atoms with E-state index >= 15 is 0 Å². The number of halogens is 1. The minimum absolute atomic E-state index is 0.104. The van der Waals surface area contributed by atoms with Gasteiger partial charge in [0, 0.05) is 42.9 Å². The van der Waals surface area contributed by atoms with Crippen LogP contribution < -0.4 is 9.64 Å². The van der Waals surface area contributed by atoms with Crippen LogP contribution in [0.5, 0.6) is 5.75 Å². The highest BCUT2D eigenvalue weighted by atomic mass is 35.5. The van der Waals surface area contributed by atoms with Gasteiger partial charge in [-0.05, 0) is 62.2 Å². The van der Waals surface area contributed by atoms with E-state index in [2.05, 4.69) is 47.9 Å². The van der Waals surface area contributed by atoms with Crippen molar-refractivity contribution in [1.82, 2.24) is 4.90 Å². The number of benzene rings is 2. The third kappa shape index (κ3) is 7.10. The summed E-state index contributed by atoms with van der Waals surface area (Å²) in [5.41, 5.74) is 2.26. The second-order valence-corrected chi connectivity index (χ2v) is 10.9. The average molecular weight is 481 g/mol. The van der Waals surface area contributed by atoms with E-state index in [0.29, 0.717) is 30.3 Å². The highest BCUT2D eigenvalue weighted by Crippen LogP contribution is 2.22. The summed E-state index contributed by atoms with van der Waals surface area (Å²) >= 11 is 5.90. The van der Waals surface area contributed by atoms with Crippen LogP contribution in [0.1, 0.15) is 25.8 Å². The van der Waals surface area contributed by atoms with Crippen molar-refractivity contribution < 1.29 is 18.3 Å². The number of nitrogens with zero attached hydrogens (tertiary/aromatic N) is 2. The Balaban J connectivity index is 1.66. The lowest BCUT2D eigenvalue weighted by molar-refractivity contribution is 0.0525. The minimum atomic E-state index is -3.03. The lowest BCUT2D eigenvalue weighted by atomic mass is 10.1. The van der Waals surface area contributed by atoms with Crippen LogP contribution in [0.3, 0.4) is 0 Å². The number of hydrogen-bond donors (Lipinski definition) is 1. The molecular formula is C24H33ClN2O4S. The van der Waals surface area contributed by atoms with E-state index in [0.717, 1.165) is 18.7 Å². The first-order valence-electron chi connectivity index (χ1n) is 11.1. The van der Waals surface area contributed by atoms with Crippen LogP contribution in [0, 0.1) is 0 Å². The Hall–Kier alpha value is -1.80. The van der Waals surface area contributed by atoms with Crippen LogP contribution in [0.2, 0.25) is 5.02 Å². The van der Waals surface area contributed by atoms with Gasteiger partial charge in [-0.2, -0.15) is 0 Å². The van der Waals surface area contributed by atoms with Gasteiger partial charge >= 0.3 is 0 Å². The normalized spacial score (nSPS) is 18.6. The zero-order chi connectivity index (χ0) is 23.1. The van der Waals surface area contributed by atoms with Crippen LogP contribution in [0.15, 0.2) is 48.5 Å². The van der Waals surface area contributed by atoms with Gasteiger partial charge in [0.1, 0.15) is 18.5 Å². The first-order valence-corrected chi connectivity index (χ1v) is 13.3. The Morgan fingerprint density at radius 3 is 2.31 bits per heavy atom. The fourth-order valence-electron chi connectivity index (χ4n) is 4.09. The van der Waals surface area contributed by atoms with Gasteiger partial charge in [-0.3, -0.25) is 4.90 Å². The van der Waals surface area contributed by atoms with Gasteiger partial charge in [-0.15, -0.1) is 0 Å². The van der Waals surface area contributed by atoms with Crippen molar-refractivity contribution in [2.24, 2.45) is 0 Å². The van der Waals surface area contributed by atoms with E-state index in [-0.39, 0.29) is 24.2 Å². The van der Waals surface area contributed by atoms with Crippen LogP contribution >= 0.6 is 11.6 Å². The molecule has 8 heteroatoms. The molecule has 2 unspecified atom stereocenters. The van der Waals surface area contributed by atoms with E-state index in [1.165, 1.54) is 5.69 Å². The summed E-state index contributed by atoms with van der Waals surface area (Å²) in [5.74, 6) is 0.970. The van der Waals surface area contributed by atoms with E-state index in [4.69, 9.17) is 16.3 Å². The monoisotopic (exact) mass is 480 g/mol. The lowest BCUT2D eigenvalue weighted by Crippen LogP contribution is -2.42. The molecule has 6 nitrogen and oxygen atoms in total. The van der Waals surface area contributed by atoms with Crippen molar-refractivity contribution in [2.75, 3.05) is 42.6 Å². The fourth-order valence-corrected chi connectivity index (χ4v) is 5.98. The van der Waals surface area contributed by atoms with Crippen molar-refractivity contribution in [3.8, 4) is 5.75 Å². The summed E-state index contributed by atoms with van der Waals surface area (Å²) in [5, 5.41) is 11.3. The zero-order valence-electron chi connectivity index (χ0n) is 18.8. The number of aliphatic hydroxyl groups is 1. The summed E-state index contributed by atoms with van der Waals surface area (Å²) in [4.78, 5) is 4.36. The number of rotatable bonds is 11. The third-order valence-electron chi connectivity index (χ3n) is 5.88. The molecule has 2 aromatic carbocycles. The molecule has 1 heterocycles. The van der Waals surface area contributed by atoms with E-state index in [1.54, 1.807) is 24.3 Å². The fraction of sp³-hybridized carbons (Fsp3) is 0.500. The highest BCUT2D eigenvalue weighted by Gasteiger charge is 2.33. The Labute approximate surface area is 196 Å². The predicted molar refractivity (Wildman–Crippen MR) is 130 cm³/mol.